The Morgan fingerprint density at radius 1 is 1.11 bits per heavy atom. The third kappa shape index (κ3) is 6.73. The minimum Gasteiger partial charge on any atom is -0.462 e. The highest BCUT2D eigenvalue weighted by molar-refractivity contribution is 6.36. The Bertz CT molecular complexity index is 1600. The quantitative estimate of drug-likeness (QED) is 0.356. The summed E-state index contributed by atoms with van der Waals surface area (Å²) < 4.78 is 6.33. The molecule has 2 fully saturated rings. The number of hydrogen-bond acceptors (Lipinski definition) is 9. The van der Waals surface area contributed by atoms with Gasteiger partial charge in [0.05, 0.1) is 35.8 Å². The van der Waals surface area contributed by atoms with Crippen LogP contribution >= 0.6 is 11.6 Å². The summed E-state index contributed by atoms with van der Waals surface area (Å²) in [5.41, 5.74) is 9.39. The van der Waals surface area contributed by atoms with Crippen molar-refractivity contribution in [3.63, 3.8) is 0 Å². The molecule has 0 saturated carbocycles. The lowest BCUT2D eigenvalue weighted by Gasteiger charge is -2.43. The number of fused-ring (bicyclic) bond motifs is 2. The van der Waals surface area contributed by atoms with Crippen LogP contribution in [0.25, 0.3) is 10.8 Å². The first-order valence-electron chi connectivity index (χ1n) is 16.6. The number of likely N-dealkylation sites (tertiary alicyclic amines) is 1. The topological polar surface area (TPSA) is 115 Å². The fraction of sp³-hybridized carbons (Fsp3) is 0.543. The van der Waals surface area contributed by atoms with Gasteiger partial charge in [0.1, 0.15) is 12.4 Å². The number of carbonyl (C=O) groups is 1. The van der Waals surface area contributed by atoms with Crippen molar-refractivity contribution in [2.75, 3.05) is 56.2 Å². The molecule has 11 heteroatoms. The highest BCUT2D eigenvalue weighted by Gasteiger charge is 2.35. The van der Waals surface area contributed by atoms with Crippen molar-refractivity contribution in [2.45, 2.75) is 70.6 Å². The van der Waals surface area contributed by atoms with Gasteiger partial charge in [-0.05, 0) is 56.3 Å². The number of nitrogens with zero attached hydrogens (tertiary/aromatic N) is 7. The largest absolute Gasteiger partial charge is 0.462 e. The third-order valence-electron chi connectivity index (χ3n) is 9.97. The number of rotatable bonds is 9. The molecule has 10 nitrogen and oxygen atoms in total. The number of carbonyl (C=O) groups excluding carboxylic acids is 1. The van der Waals surface area contributed by atoms with Crippen molar-refractivity contribution in [3.8, 4) is 12.1 Å². The Morgan fingerprint density at radius 2 is 1.91 bits per heavy atom. The number of likely N-dealkylation sites (N-methyl/N-ethyl adjacent to an activating group) is 1. The zero-order valence-corrected chi connectivity index (χ0v) is 27.9. The van der Waals surface area contributed by atoms with Crippen LogP contribution in [0.4, 0.5) is 11.5 Å². The SMILES string of the molecule is CC(C)[C@@H](N)CC(=O)N1CCN(c2nc(OC[C@@H]3CCCN3C)nc3c2CCN(c2cccc4cccc(Cl)c24)C3)C[C@@H]1CC#N. The Balaban J connectivity index is 1.30. The summed E-state index contributed by atoms with van der Waals surface area (Å²) in [5, 5.41) is 12.6. The van der Waals surface area contributed by atoms with Gasteiger partial charge in [0.15, 0.2) is 0 Å². The number of benzene rings is 2. The van der Waals surface area contributed by atoms with Crippen molar-refractivity contribution in [2.24, 2.45) is 11.7 Å². The fourth-order valence-electron chi connectivity index (χ4n) is 7.03. The summed E-state index contributed by atoms with van der Waals surface area (Å²) in [6.07, 6.45) is 3.54. The predicted molar refractivity (Wildman–Crippen MR) is 182 cm³/mol. The first kappa shape index (κ1) is 32.3. The molecule has 244 valence electrons. The molecule has 2 saturated heterocycles. The first-order valence-corrected chi connectivity index (χ1v) is 16.9. The number of amides is 1. The zero-order chi connectivity index (χ0) is 32.4. The van der Waals surface area contributed by atoms with Crippen LogP contribution in [0, 0.1) is 17.2 Å². The van der Waals surface area contributed by atoms with Crippen LogP contribution < -0.4 is 20.3 Å². The minimum atomic E-state index is -0.245. The number of halogens is 1. The van der Waals surface area contributed by atoms with Gasteiger partial charge in [0, 0.05) is 61.3 Å². The molecule has 46 heavy (non-hydrogen) atoms. The van der Waals surface area contributed by atoms with Crippen LogP contribution in [0.15, 0.2) is 36.4 Å². The van der Waals surface area contributed by atoms with Gasteiger partial charge in [-0.15, -0.1) is 0 Å². The van der Waals surface area contributed by atoms with E-state index in [-0.39, 0.29) is 36.8 Å². The molecule has 4 heterocycles. The van der Waals surface area contributed by atoms with Gasteiger partial charge in [0.25, 0.3) is 0 Å². The Labute approximate surface area is 277 Å². The molecule has 0 unspecified atom stereocenters. The van der Waals surface area contributed by atoms with Gasteiger partial charge < -0.3 is 30.1 Å². The van der Waals surface area contributed by atoms with E-state index in [0.29, 0.717) is 44.8 Å². The van der Waals surface area contributed by atoms with Crippen molar-refractivity contribution in [1.29, 1.82) is 5.26 Å². The van der Waals surface area contributed by atoms with Gasteiger partial charge in [-0.25, -0.2) is 0 Å². The molecule has 3 aliphatic rings. The predicted octanol–water partition coefficient (Wildman–Crippen LogP) is 4.62. The summed E-state index contributed by atoms with van der Waals surface area (Å²) in [6, 6.07) is 14.9. The van der Waals surface area contributed by atoms with Crippen LogP contribution in [-0.4, -0.2) is 90.2 Å². The molecular weight excluding hydrogens is 600 g/mol. The number of hydrogen-bond donors (Lipinski definition) is 1. The van der Waals surface area contributed by atoms with E-state index >= 15 is 0 Å². The molecule has 1 aromatic heterocycles. The number of piperazine rings is 1. The lowest BCUT2D eigenvalue weighted by Crippen LogP contribution is -2.56. The first-order chi connectivity index (χ1) is 22.2. The van der Waals surface area contributed by atoms with Crippen molar-refractivity contribution >= 4 is 39.8 Å². The standard InChI is InChI=1S/C35H45ClN8O2/c1-23(2)29(38)19-32(45)44-18-17-43(20-25(44)12-14-37)34-27-13-16-42(31-11-5-8-24-7-4-10-28(36)33(24)31)21-30(27)39-35(40-34)46-22-26-9-6-15-41(26)3/h4-5,7-8,10-11,23,25-26,29H,6,9,12-13,15-22,38H2,1-3H3/t25-,26-,29-/m0/s1. The Kier molecular flexibility index (Phi) is 9.83. The zero-order valence-electron chi connectivity index (χ0n) is 27.2. The maximum absolute atomic E-state index is 13.3. The van der Waals surface area contributed by atoms with Gasteiger partial charge >= 0.3 is 6.01 Å². The number of nitriles is 1. The second-order valence-corrected chi connectivity index (χ2v) is 13.7. The molecule has 3 aliphatic heterocycles. The average molecular weight is 645 g/mol. The summed E-state index contributed by atoms with van der Waals surface area (Å²) in [7, 11) is 2.14. The van der Waals surface area contributed by atoms with E-state index in [1.54, 1.807) is 0 Å². The molecular formula is C35H45ClN8O2. The van der Waals surface area contributed by atoms with Crippen LogP contribution in [-0.2, 0) is 17.8 Å². The maximum Gasteiger partial charge on any atom is 0.318 e. The van der Waals surface area contributed by atoms with E-state index < -0.39 is 0 Å². The van der Waals surface area contributed by atoms with E-state index in [9.17, 15) is 10.1 Å². The van der Waals surface area contributed by atoms with Gasteiger partial charge in [-0.3, -0.25) is 4.79 Å². The number of anilines is 2. The smallest absolute Gasteiger partial charge is 0.318 e. The normalized spacial score (nSPS) is 21.0. The molecule has 3 aromatic rings. The lowest BCUT2D eigenvalue weighted by molar-refractivity contribution is -0.134. The highest BCUT2D eigenvalue weighted by Crippen LogP contribution is 2.37. The average Bonchev–Trinajstić information content (AvgIpc) is 3.47. The summed E-state index contributed by atoms with van der Waals surface area (Å²) in [5.74, 6) is 1.07. The Morgan fingerprint density at radius 3 is 2.65 bits per heavy atom. The number of nitrogens with two attached hydrogens (primary N) is 1. The molecule has 2 aromatic carbocycles. The minimum absolute atomic E-state index is 0.0138. The summed E-state index contributed by atoms with van der Waals surface area (Å²) in [4.78, 5) is 32.1. The monoisotopic (exact) mass is 644 g/mol. The van der Waals surface area contributed by atoms with Crippen molar-refractivity contribution < 1.29 is 9.53 Å². The molecule has 0 spiro atoms. The molecule has 0 radical (unpaired) electrons. The van der Waals surface area contributed by atoms with E-state index in [2.05, 4.69) is 52.1 Å². The number of ether oxygens (including phenoxy) is 1. The Hall–Kier alpha value is -3.65. The van der Waals surface area contributed by atoms with Crippen LogP contribution in [0.5, 0.6) is 6.01 Å². The van der Waals surface area contributed by atoms with E-state index in [1.165, 1.54) is 0 Å². The molecule has 0 aliphatic carbocycles. The maximum atomic E-state index is 13.3. The second-order valence-electron chi connectivity index (χ2n) is 13.3. The van der Waals surface area contributed by atoms with E-state index in [0.717, 1.165) is 70.9 Å². The van der Waals surface area contributed by atoms with Gasteiger partial charge in [0.2, 0.25) is 5.91 Å². The molecule has 0 bridgehead atoms. The molecule has 3 atom stereocenters. The van der Waals surface area contributed by atoms with E-state index in [1.807, 2.05) is 30.9 Å². The summed E-state index contributed by atoms with van der Waals surface area (Å²) >= 11 is 6.72. The molecule has 2 N–H and O–H groups in total. The number of aromatic nitrogens is 2. The fourth-order valence-corrected chi connectivity index (χ4v) is 7.31. The van der Waals surface area contributed by atoms with Crippen molar-refractivity contribution in [3.05, 3.63) is 52.7 Å². The van der Waals surface area contributed by atoms with Gasteiger partial charge in [-0.1, -0.05) is 49.7 Å². The third-order valence-corrected chi connectivity index (χ3v) is 10.3. The van der Waals surface area contributed by atoms with Gasteiger partial charge in [-0.2, -0.15) is 15.2 Å². The van der Waals surface area contributed by atoms with Crippen LogP contribution in [0.1, 0.15) is 50.8 Å². The van der Waals surface area contributed by atoms with E-state index in [4.69, 9.17) is 32.0 Å². The molecule has 6 rings (SSSR count). The van der Waals surface area contributed by atoms with Crippen molar-refractivity contribution in [1.82, 2.24) is 19.8 Å². The second kappa shape index (κ2) is 14.0. The van der Waals surface area contributed by atoms with Crippen LogP contribution in [0.3, 0.4) is 0 Å². The highest BCUT2D eigenvalue weighted by atomic mass is 35.5. The lowest BCUT2D eigenvalue weighted by atomic mass is 9.99. The van der Waals surface area contributed by atoms with Crippen LogP contribution in [0.2, 0.25) is 5.02 Å². The molecule has 1 amide bonds. The summed E-state index contributed by atoms with van der Waals surface area (Å²) in [6.45, 7) is 8.69.